The molecular weight excluding hydrogens is 314 g/mol. The largest absolute Gasteiger partial charge is 0.349 e. The Morgan fingerprint density at radius 1 is 1.12 bits per heavy atom. The zero-order valence-electron chi connectivity index (χ0n) is 15.6. The van der Waals surface area contributed by atoms with Crippen molar-refractivity contribution in [3.05, 3.63) is 34.4 Å². The fourth-order valence-electron chi connectivity index (χ4n) is 3.60. The average molecular weight is 339 g/mol. The molecule has 1 saturated carbocycles. The van der Waals surface area contributed by atoms with Gasteiger partial charge in [0, 0.05) is 38.9 Å². The number of aryl methyl sites for hydroxylation is 2. The molecule has 132 valence electrons. The van der Waals surface area contributed by atoms with Gasteiger partial charge in [-0.3, -0.25) is 14.4 Å². The predicted octanol–water partition coefficient (Wildman–Crippen LogP) is 2.78. The number of rotatable bonds is 3. The number of ketones is 2. The van der Waals surface area contributed by atoms with Gasteiger partial charge < -0.3 is 4.90 Å². The van der Waals surface area contributed by atoms with Gasteiger partial charge >= 0.3 is 0 Å². The lowest BCUT2D eigenvalue weighted by Crippen LogP contribution is -2.35. The molecule has 4 heteroatoms. The van der Waals surface area contributed by atoms with E-state index >= 15 is 0 Å². The fraction of sp³-hybridized carbons (Fsp3) is 0.476. The monoisotopic (exact) mass is 339 g/mol. The molecule has 0 N–H and O–H groups in total. The van der Waals surface area contributed by atoms with Gasteiger partial charge in [-0.15, -0.1) is 5.92 Å². The van der Waals surface area contributed by atoms with E-state index in [2.05, 4.69) is 11.8 Å². The molecule has 0 heterocycles. The van der Waals surface area contributed by atoms with Crippen LogP contribution in [-0.2, 0) is 14.4 Å². The highest BCUT2D eigenvalue weighted by Crippen LogP contribution is 2.35. The molecule has 0 aromatic heterocycles. The highest BCUT2D eigenvalue weighted by Gasteiger charge is 2.38. The maximum Gasteiger partial charge on any atom is 0.222 e. The van der Waals surface area contributed by atoms with Crippen LogP contribution in [0.15, 0.2) is 12.1 Å². The van der Waals surface area contributed by atoms with Crippen LogP contribution in [0, 0.1) is 31.6 Å². The maximum atomic E-state index is 12.7. The lowest BCUT2D eigenvalue weighted by Gasteiger charge is -2.28. The molecule has 1 aromatic carbocycles. The van der Waals surface area contributed by atoms with Gasteiger partial charge in [-0.25, -0.2) is 0 Å². The van der Waals surface area contributed by atoms with Crippen LogP contribution in [0.4, 0.5) is 0 Å². The van der Waals surface area contributed by atoms with E-state index in [4.69, 9.17) is 0 Å². The number of carbonyl (C=O) groups excluding carboxylic acids is 3. The van der Waals surface area contributed by atoms with E-state index in [1.807, 2.05) is 26.0 Å². The molecule has 1 aliphatic carbocycles. The summed E-state index contributed by atoms with van der Waals surface area (Å²) in [4.78, 5) is 38.8. The van der Waals surface area contributed by atoms with Crippen molar-refractivity contribution in [2.75, 3.05) is 14.1 Å². The third kappa shape index (κ3) is 4.17. The van der Waals surface area contributed by atoms with Crippen molar-refractivity contribution in [3.8, 4) is 11.8 Å². The summed E-state index contributed by atoms with van der Waals surface area (Å²) in [6.07, 6.45) is 0.816. The standard InChI is InChI=1S/C21H25NO3/c1-6-7-15-8-13(2)20(14(3)9-15)21-17(23)10-16(11-18(21)24)12-19(25)22(4)5/h8-9,16,21H,10-12H2,1-5H3. The smallest absolute Gasteiger partial charge is 0.222 e. The molecule has 0 aliphatic heterocycles. The Morgan fingerprint density at radius 2 is 1.64 bits per heavy atom. The summed E-state index contributed by atoms with van der Waals surface area (Å²) >= 11 is 0. The number of Topliss-reactive ketones (excluding diaryl/α,β-unsaturated/α-hetero) is 2. The molecule has 4 nitrogen and oxygen atoms in total. The van der Waals surface area contributed by atoms with Crippen LogP contribution in [0.1, 0.15) is 54.4 Å². The van der Waals surface area contributed by atoms with E-state index < -0.39 is 5.92 Å². The third-order valence-electron chi connectivity index (χ3n) is 4.74. The number of nitrogens with zero attached hydrogens (tertiary/aromatic N) is 1. The van der Waals surface area contributed by atoms with Crippen molar-refractivity contribution < 1.29 is 14.4 Å². The van der Waals surface area contributed by atoms with E-state index in [-0.39, 0.29) is 42.7 Å². The van der Waals surface area contributed by atoms with Crippen LogP contribution in [0.2, 0.25) is 0 Å². The number of hydrogen-bond acceptors (Lipinski definition) is 3. The van der Waals surface area contributed by atoms with Crippen LogP contribution in [-0.4, -0.2) is 36.5 Å². The fourth-order valence-corrected chi connectivity index (χ4v) is 3.60. The molecule has 25 heavy (non-hydrogen) atoms. The summed E-state index contributed by atoms with van der Waals surface area (Å²) in [5, 5.41) is 0. The first-order chi connectivity index (χ1) is 11.7. The second kappa shape index (κ2) is 7.65. The van der Waals surface area contributed by atoms with Crippen molar-refractivity contribution in [1.82, 2.24) is 4.90 Å². The molecule has 0 bridgehead atoms. The predicted molar refractivity (Wildman–Crippen MR) is 97.3 cm³/mol. The quantitative estimate of drug-likeness (QED) is 0.628. The van der Waals surface area contributed by atoms with Crippen molar-refractivity contribution in [3.63, 3.8) is 0 Å². The van der Waals surface area contributed by atoms with Crippen molar-refractivity contribution in [1.29, 1.82) is 0 Å². The molecule has 1 aromatic rings. The van der Waals surface area contributed by atoms with Gasteiger partial charge in [-0.1, -0.05) is 5.92 Å². The van der Waals surface area contributed by atoms with E-state index in [1.54, 1.807) is 21.0 Å². The molecule has 2 rings (SSSR count). The summed E-state index contributed by atoms with van der Waals surface area (Å²) < 4.78 is 0. The first kappa shape index (κ1) is 18.9. The van der Waals surface area contributed by atoms with Gasteiger partial charge in [-0.2, -0.15) is 0 Å². The van der Waals surface area contributed by atoms with Gasteiger partial charge in [0.15, 0.2) is 0 Å². The summed E-state index contributed by atoms with van der Waals surface area (Å²) in [5.41, 5.74) is 3.56. The molecule has 1 fully saturated rings. The Balaban J connectivity index is 2.27. The van der Waals surface area contributed by atoms with Crippen LogP contribution in [0.3, 0.4) is 0 Å². The Labute approximate surface area is 149 Å². The van der Waals surface area contributed by atoms with Gasteiger partial charge in [0.2, 0.25) is 5.91 Å². The van der Waals surface area contributed by atoms with Crippen molar-refractivity contribution in [2.24, 2.45) is 5.92 Å². The van der Waals surface area contributed by atoms with Crippen LogP contribution < -0.4 is 0 Å². The Morgan fingerprint density at radius 3 is 2.08 bits per heavy atom. The number of amides is 1. The maximum absolute atomic E-state index is 12.7. The molecule has 0 saturated heterocycles. The van der Waals surface area contributed by atoms with Gasteiger partial charge in [0.25, 0.3) is 0 Å². The minimum Gasteiger partial charge on any atom is -0.349 e. The summed E-state index contributed by atoms with van der Waals surface area (Å²) in [6.45, 7) is 5.62. The topological polar surface area (TPSA) is 54.5 Å². The van der Waals surface area contributed by atoms with Crippen LogP contribution >= 0.6 is 0 Å². The average Bonchev–Trinajstić information content (AvgIpc) is 2.49. The molecule has 0 atom stereocenters. The zero-order valence-corrected chi connectivity index (χ0v) is 15.6. The van der Waals surface area contributed by atoms with Crippen molar-refractivity contribution in [2.45, 2.75) is 46.0 Å². The first-order valence-electron chi connectivity index (χ1n) is 8.54. The molecule has 1 amide bonds. The summed E-state index contributed by atoms with van der Waals surface area (Å²) in [6, 6.07) is 3.86. The zero-order chi connectivity index (χ0) is 18.7. The Bertz CT molecular complexity index is 739. The summed E-state index contributed by atoms with van der Waals surface area (Å²) in [5.74, 6) is 4.81. The molecule has 1 aliphatic rings. The van der Waals surface area contributed by atoms with Gasteiger partial charge in [0.1, 0.15) is 17.5 Å². The van der Waals surface area contributed by atoms with Crippen LogP contribution in [0.25, 0.3) is 0 Å². The Kier molecular flexibility index (Phi) is 5.79. The highest BCUT2D eigenvalue weighted by atomic mass is 16.2. The number of hydrogen-bond donors (Lipinski definition) is 0. The van der Waals surface area contributed by atoms with E-state index in [9.17, 15) is 14.4 Å². The second-order valence-electron chi connectivity index (χ2n) is 7.03. The van der Waals surface area contributed by atoms with Gasteiger partial charge in [0.05, 0.1) is 0 Å². The van der Waals surface area contributed by atoms with Crippen molar-refractivity contribution >= 4 is 17.5 Å². The molecule has 0 unspecified atom stereocenters. The normalized spacial score (nSPS) is 20.0. The molecule has 0 spiro atoms. The van der Waals surface area contributed by atoms with Gasteiger partial charge in [-0.05, 0) is 55.5 Å². The van der Waals surface area contributed by atoms with E-state index in [1.165, 1.54) is 4.90 Å². The third-order valence-corrected chi connectivity index (χ3v) is 4.74. The minimum absolute atomic E-state index is 0.0427. The second-order valence-corrected chi connectivity index (χ2v) is 7.03. The lowest BCUT2D eigenvalue weighted by molar-refractivity contribution is -0.135. The first-order valence-corrected chi connectivity index (χ1v) is 8.54. The molecule has 0 radical (unpaired) electrons. The molecular formula is C21H25NO3. The Hall–Kier alpha value is -2.41. The highest BCUT2D eigenvalue weighted by molar-refractivity contribution is 6.10. The SMILES string of the molecule is CC#Cc1cc(C)c(C2C(=O)CC(CC(=O)N(C)C)CC2=O)c(C)c1. The lowest BCUT2D eigenvalue weighted by atomic mass is 9.73. The van der Waals surface area contributed by atoms with E-state index in [0.717, 1.165) is 22.3 Å². The number of benzene rings is 1. The number of carbonyl (C=O) groups is 3. The summed E-state index contributed by atoms with van der Waals surface area (Å²) in [7, 11) is 3.37. The minimum atomic E-state index is -0.700. The van der Waals surface area contributed by atoms with E-state index in [0.29, 0.717) is 0 Å². The van der Waals surface area contributed by atoms with Crippen LogP contribution in [0.5, 0.6) is 0 Å².